The summed E-state index contributed by atoms with van der Waals surface area (Å²) in [4.78, 5) is 32.1. The lowest BCUT2D eigenvalue weighted by Crippen LogP contribution is -2.40. The molecule has 1 aliphatic rings. The third kappa shape index (κ3) is 4.70. The maximum absolute atomic E-state index is 12.6. The Morgan fingerprint density at radius 2 is 1.83 bits per heavy atom. The Morgan fingerprint density at radius 3 is 2.55 bits per heavy atom. The number of aromatic nitrogens is 1. The molecule has 1 aliphatic heterocycles. The number of morpholine rings is 1. The van der Waals surface area contributed by atoms with Gasteiger partial charge in [-0.25, -0.2) is 0 Å². The van der Waals surface area contributed by atoms with Crippen molar-refractivity contribution < 1.29 is 14.3 Å². The van der Waals surface area contributed by atoms with Crippen LogP contribution in [0.1, 0.15) is 25.6 Å². The van der Waals surface area contributed by atoms with Gasteiger partial charge in [0, 0.05) is 41.5 Å². The molecule has 1 saturated heterocycles. The summed E-state index contributed by atoms with van der Waals surface area (Å²) in [5.74, 6) is -0.147. The zero-order valence-electron chi connectivity index (χ0n) is 15.8. The summed E-state index contributed by atoms with van der Waals surface area (Å²) in [6.07, 6.45) is 3.28. The van der Waals surface area contributed by atoms with Crippen molar-refractivity contribution in [1.29, 1.82) is 0 Å². The van der Waals surface area contributed by atoms with Gasteiger partial charge in [-0.1, -0.05) is 18.2 Å². The van der Waals surface area contributed by atoms with Crippen LogP contribution in [-0.4, -0.2) is 48.0 Å². The number of benzene rings is 1. The van der Waals surface area contributed by atoms with Crippen molar-refractivity contribution in [1.82, 2.24) is 15.2 Å². The fraction of sp³-hybridized carbons (Fsp3) is 0.227. The minimum absolute atomic E-state index is 0.0136. The van der Waals surface area contributed by atoms with Gasteiger partial charge in [-0.15, -0.1) is 11.3 Å². The number of thiophene rings is 1. The summed E-state index contributed by atoms with van der Waals surface area (Å²) in [5, 5.41) is 4.89. The van der Waals surface area contributed by atoms with Gasteiger partial charge in [0.1, 0.15) is 0 Å². The van der Waals surface area contributed by atoms with Gasteiger partial charge in [0.15, 0.2) is 0 Å². The lowest BCUT2D eigenvalue weighted by molar-refractivity contribution is 0.0303. The molecule has 0 radical (unpaired) electrons. The molecule has 4 rings (SSSR count). The van der Waals surface area contributed by atoms with E-state index in [9.17, 15) is 9.59 Å². The number of pyridine rings is 1. The van der Waals surface area contributed by atoms with Gasteiger partial charge in [-0.05, 0) is 35.2 Å². The number of carbonyl (C=O) groups excluding carboxylic acids is 2. The minimum Gasteiger partial charge on any atom is -0.378 e. The first-order valence-electron chi connectivity index (χ1n) is 9.44. The fourth-order valence-corrected chi connectivity index (χ4v) is 3.80. The van der Waals surface area contributed by atoms with Crippen LogP contribution in [0.2, 0.25) is 0 Å². The van der Waals surface area contributed by atoms with Crippen LogP contribution in [0.5, 0.6) is 0 Å². The van der Waals surface area contributed by atoms with Gasteiger partial charge in [0.05, 0.1) is 25.3 Å². The molecule has 1 N–H and O–H groups in total. The minimum atomic E-state index is -0.160. The third-order valence-electron chi connectivity index (χ3n) is 4.77. The first-order valence-corrected chi connectivity index (χ1v) is 10.3. The van der Waals surface area contributed by atoms with E-state index in [2.05, 4.69) is 10.3 Å². The Morgan fingerprint density at radius 1 is 1.03 bits per heavy atom. The summed E-state index contributed by atoms with van der Waals surface area (Å²) in [7, 11) is 0. The standard InChI is InChI=1S/C22H21N3O3S/c26-21(24-15-20-2-1-11-29-20)19-12-18(13-23-14-19)16-3-5-17(6-4-16)22(27)25-7-9-28-10-8-25/h1-6,11-14H,7-10,15H2,(H,24,26). The Balaban J connectivity index is 1.44. The number of hydrogen-bond acceptors (Lipinski definition) is 5. The van der Waals surface area contributed by atoms with Crippen LogP contribution in [0, 0.1) is 0 Å². The van der Waals surface area contributed by atoms with Gasteiger partial charge in [0.25, 0.3) is 11.8 Å². The third-order valence-corrected chi connectivity index (χ3v) is 5.64. The molecule has 148 valence electrons. The lowest BCUT2D eigenvalue weighted by atomic mass is 10.0. The highest BCUT2D eigenvalue weighted by Crippen LogP contribution is 2.21. The molecule has 0 spiro atoms. The second-order valence-electron chi connectivity index (χ2n) is 6.71. The molecule has 3 aromatic rings. The average molecular weight is 407 g/mol. The van der Waals surface area contributed by atoms with E-state index >= 15 is 0 Å². The van der Waals surface area contributed by atoms with E-state index in [0.717, 1.165) is 16.0 Å². The number of rotatable bonds is 5. The number of hydrogen-bond donors (Lipinski definition) is 1. The van der Waals surface area contributed by atoms with E-state index < -0.39 is 0 Å². The van der Waals surface area contributed by atoms with Crippen LogP contribution < -0.4 is 5.32 Å². The Labute approximate surface area is 173 Å². The Hall–Kier alpha value is -3.03. The van der Waals surface area contributed by atoms with E-state index in [0.29, 0.717) is 44.0 Å². The SMILES string of the molecule is O=C(NCc1cccs1)c1cncc(-c2ccc(C(=O)N3CCOCC3)cc2)c1. The van der Waals surface area contributed by atoms with Crippen molar-refractivity contribution in [2.75, 3.05) is 26.3 Å². The highest BCUT2D eigenvalue weighted by molar-refractivity contribution is 7.09. The fourth-order valence-electron chi connectivity index (χ4n) is 3.16. The molecule has 1 fully saturated rings. The predicted octanol–water partition coefficient (Wildman–Crippen LogP) is 3.21. The molecule has 1 aromatic carbocycles. The van der Waals surface area contributed by atoms with Crippen LogP contribution in [0.4, 0.5) is 0 Å². The van der Waals surface area contributed by atoms with Crippen molar-refractivity contribution in [2.24, 2.45) is 0 Å². The van der Waals surface area contributed by atoms with Crippen molar-refractivity contribution in [3.05, 3.63) is 76.2 Å². The molecule has 2 aromatic heterocycles. The van der Waals surface area contributed by atoms with Crippen LogP contribution in [0.3, 0.4) is 0 Å². The molecule has 0 saturated carbocycles. The van der Waals surface area contributed by atoms with Crippen molar-refractivity contribution in [3.63, 3.8) is 0 Å². The van der Waals surface area contributed by atoms with E-state index in [1.54, 1.807) is 28.6 Å². The highest BCUT2D eigenvalue weighted by Gasteiger charge is 2.18. The monoisotopic (exact) mass is 407 g/mol. The number of ether oxygens (including phenoxy) is 1. The Bertz CT molecular complexity index is 981. The summed E-state index contributed by atoms with van der Waals surface area (Å²) in [6.45, 7) is 2.90. The zero-order valence-corrected chi connectivity index (χ0v) is 16.7. The molecule has 0 atom stereocenters. The molecule has 7 heteroatoms. The lowest BCUT2D eigenvalue weighted by Gasteiger charge is -2.26. The maximum Gasteiger partial charge on any atom is 0.254 e. The molecular weight excluding hydrogens is 386 g/mol. The van der Waals surface area contributed by atoms with E-state index in [4.69, 9.17) is 4.74 Å². The zero-order chi connectivity index (χ0) is 20.1. The van der Waals surface area contributed by atoms with Crippen molar-refractivity contribution in [2.45, 2.75) is 6.54 Å². The first kappa shape index (κ1) is 19.3. The van der Waals surface area contributed by atoms with E-state index in [1.807, 2.05) is 47.8 Å². The second-order valence-corrected chi connectivity index (χ2v) is 7.74. The summed E-state index contributed by atoms with van der Waals surface area (Å²) in [5.41, 5.74) is 2.89. The van der Waals surface area contributed by atoms with Gasteiger partial charge < -0.3 is 15.0 Å². The Kier molecular flexibility index (Phi) is 5.97. The number of carbonyl (C=O) groups is 2. The van der Waals surface area contributed by atoms with Gasteiger partial charge in [-0.2, -0.15) is 0 Å². The smallest absolute Gasteiger partial charge is 0.254 e. The van der Waals surface area contributed by atoms with Crippen molar-refractivity contribution >= 4 is 23.2 Å². The highest BCUT2D eigenvalue weighted by atomic mass is 32.1. The molecule has 0 bridgehead atoms. The average Bonchev–Trinajstić information content (AvgIpc) is 3.31. The first-order chi connectivity index (χ1) is 14.2. The van der Waals surface area contributed by atoms with Crippen LogP contribution in [0.15, 0.2) is 60.2 Å². The second kappa shape index (κ2) is 8.98. The quantitative estimate of drug-likeness (QED) is 0.705. The molecule has 0 unspecified atom stereocenters. The van der Waals surface area contributed by atoms with Gasteiger partial charge >= 0.3 is 0 Å². The normalized spacial score (nSPS) is 13.9. The van der Waals surface area contributed by atoms with Gasteiger partial charge in [0.2, 0.25) is 0 Å². The summed E-state index contributed by atoms with van der Waals surface area (Å²) in [6, 6.07) is 13.2. The van der Waals surface area contributed by atoms with Gasteiger partial charge in [-0.3, -0.25) is 14.6 Å². The number of amides is 2. The molecule has 0 aliphatic carbocycles. The van der Waals surface area contributed by atoms with E-state index in [1.165, 1.54) is 0 Å². The number of nitrogens with zero attached hydrogens (tertiary/aromatic N) is 2. The topological polar surface area (TPSA) is 71.5 Å². The summed E-state index contributed by atoms with van der Waals surface area (Å²) < 4.78 is 5.30. The van der Waals surface area contributed by atoms with Crippen LogP contribution in [-0.2, 0) is 11.3 Å². The largest absolute Gasteiger partial charge is 0.378 e. The summed E-state index contributed by atoms with van der Waals surface area (Å²) >= 11 is 1.61. The molecule has 2 amide bonds. The van der Waals surface area contributed by atoms with E-state index in [-0.39, 0.29) is 11.8 Å². The maximum atomic E-state index is 12.6. The van der Waals surface area contributed by atoms with Crippen LogP contribution >= 0.6 is 11.3 Å². The van der Waals surface area contributed by atoms with Crippen LogP contribution in [0.25, 0.3) is 11.1 Å². The molecular formula is C22H21N3O3S. The predicted molar refractivity (Wildman–Crippen MR) is 112 cm³/mol. The van der Waals surface area contributed by atoms with Crippen molar-refractivity contribution in [3.8, 4) is 11.1 Å². The molecule has 6 nitrogen and oxygen atoms in total. The molecule has 3 heterocycles. The number of nitrogens with one attached hydrogen (secondary N) is 1. The molecule has 29 heavy (non-hydrogen) atoms.